The van der Waals surface area contributed by atoms with E-state index in [1.807, 2.05) is 13.8 Å². The van der Waals surface area contributed by atoms with Crippen LogP contribution in [-0.2, 0) is 4.74 Å². The van der Waals surface area contributed by atoms with Gasteiger partial charge in [-0.25, -0.2) is 9.97 Å². The molecule has 1 saturated heterocycles. The molecule has 0 bridgehead atoms. The van der Waals surface area contributed by atoms with Crippen LogP contribution < -0.4 is 20.8 Å². The molecule has 2 aromatic heterocycles. The van der Waals surface area contributed by atoms with Gasteiger partial charge in [-0.1, -0.05) is 0 Å². The summed E-state index contributed by atoms with van der Waals surface area (Å²) in [6, 6.07) is 3.57. The molecule has 0 atom stereocenters. The number of anilines is 5. The van der Waals surface area contributed by atoms with E-state index in [0.29, 0.717) is 29.4 Å². The van der Waals surface area contributed by atoms with Gasteiger partial charge in [0.2, 0.25) is 5.95 Å². The first kappa shape index (κ1) is 20.1. The highest BCUT2D eigenvalue weighted by Crippen LogP contribution is 2.28. The number of rotatable bonds is 7. The van der Waals surface area contributed by atoms with Crippen LogP contribution in [0, 0.1) is 0 Å². The van der Waals surface area contributed by atoms with Crippen LogP contribution >= 0.6 is 0 Å². The van der Waals surface area contributed by atoms with Crippen molar-refractivity contribution in [3.8, 4) is 0 Å². The first-order chi connectivity index (χ1) is 13.5. The Morgan fingerprint density at radius 3 is 2.61 bits per heavy atom. The first-order valence-corrected chi connectivity index (χ1v) is 9.28. The normalized spacial score (nSPS) is 15.0. The molecule has 1 aliphatic heterocycles. The predicted molar refractivity (Wildman–Crippen MR) is 107 cm³/mol. The lowest BCUT2D eigenvalue weighted by molar-refractivity contribution is 0.0294. The second-order valence-electron chi connectivity index (χ2n) is 6.96. The van der Waals surface area contributed by atoms with Gasteiger partial charge in [0, 0.05) is 38.5 Å². The molecule has 0 radical (unpaired) electrons. The number of hydrogen-bond donors (Lipinski definition) is 4. The lowest BCUT2D eigenvalue weighted by Crippen LogP contribution is -2.37. The van der Waals surface area contributed by atoms with Crippen LogP contribution in [0.25, 0.3) is 0 Å². The summed E-state index contributed by atoms with van der Waals surface area (Å²) in [5.74, 6) is 1.80. The molecule has 1 aliphatic rings. The largest absolute Gasteiger partial charge is 0.381 e. The van der Waals surface area contributed by atoms with E-state index < -0.39 is 0 Å². The van der Waals surface area contributed by atoms with E-state index >= 15 is 0 Å². The summed E-state index contributed by atoms with van der Waals surface area (Å²) < 4.78 is 5.41. The van der Waals surface area contributed by atoms with E-state index in [1.54, 1.807) is 25.4 Å². The van der Waals surface area contributed by atoms with E-state index in [0.717, 1.165) is 25.9 Å². The minimum absolute atomic E-state index is 0.0495. The number of aromatic nitrogens is 3. The number of methoxy groups -OCH3 is 1. The summed E-state index contributed by atoms with van der Waals surface area (Å²) in [4.78, 5) is 15.3. The Morgan fingerprint density at radius 2 is 1.96 bits per heavy atom. The molecule has 10 heteroatoms. The molecule has 0 unspecified atom stereocenters. The van der Waals surface area contributed by atoms with Gasteiger partial charge in [-0.2, -0.15) is 4.98 Å². The van der Waals surface area contributed by atoms with E-state index in [1.165, 1.54) is 6.20 Å². The Labute approximate surface area is 164 Å². The number of ether oxygens (including phenoxy) is 1. The number of nitrogens with zero attached hydrogens (tertiary/aromatic N) is 5. The van der Waals surface area contributed by atoms with Crippen LogP contribution in [0.4, 0.5) is 29.0 Å². The highest BCUT2D eigenvalue weighted by molar-refractivity contribution is 5.72. The molecular formula is C18H27N7O3. The molecule has 0 saturated carbocycles. The van der Waals surface area contributed by atoms with Crippen molar-refractivity contribution in [2.24, 2.45) is 0 Å². The van der Waals surface area contributed by atoms with Gasteiger partial charge in [-0.05, 0) is 32.8 Å². The molecule has 2 aromatic rings. The summed E-state index contributed by atoms with van der Waals surface area (Å²) in [6.07, 6.45) is 5.26. The zero-order valence-electron chi connectivity index (χ0n) is 16.3. The molecule has 3 rings (SSSR count). The minimum Gasteiger partial charge on any atom is -0.381 e. The van der Waals surface area contributed by atoms with Crippen LogP contribution in [0.2, 0.25) is 0 Å². The lowest BCUT2D eigenvalue weighted by Gasteiger charge is -2.31. The zero-order valence-corrected chi connectivity index (χ0v) is 16.3. The smallest absolute Gasteiger partial charge is 0.227 e. The van der Waals surface area contributed by atoms with Crippen molar-refractivity contribution >= 4 is 29.0 Å². The SMILES string of the molecule is COC1CCN(c2nccc(Nc3cc(NC(C)C)c(N(O)O)cn3)n2)CC1. The summed E-state index contributed by atoms with van der Waals surface area (Å²) in [5.41, 5.74) is 0.692. The Bertz CT molecular complexity index is 780. The molecule has 152 valence electrons. The van der Waals surface area contributed by atoms with Crippen LogP contribution in [0.15, 0.2) is 24.5 Å². The van der Waals surface area contributed by atoms with Crippen LogP contribution in [0.5, 0.6) is 0 Å². The number of piperidine rings is 1. The van der Waals surface area contributed by atoms with Crippen molar-refractivity contribution in [1.82, 2.24) is 15.0 Å². The van der Waals surface area contributed by atoms with Gasteiger partial charge in [0.05, 0.1) is 18.0 Å². The Hall–Kier alpha value is -2.69. The van der Waals surface area contributed by atoms with Gasteiger partial charge >= 0.3 is 0 Å². The van der Waals surface area contributed by atoms with E-state index in [-0.39, 0.29) is 17.0 Å². The van der Waals surface area contributed by atoms with Crippen molar-refractivity contribution in [1.29, 1.82) is 0 Å². The van der Waals surface area contributed by atoms with Gasteiger partial charge in [-0.15, -0.1) is 5.23 Å². The first-order valence-electron chi connectivity index (χ1n) is 9.28. The maximum atomic E-state index is 9.37. The van der Waals surface area contributed by atoms with Crippen molar-refractivity contribution in [2.75, 3.05) is 41.0 Å². The molecular weight excluding hydrogens is 362 g/mol. The maximum Gasteiger partial charge on any atom is 0.227 e. The lowest BCUT2D eigenvalue weighted by atomic mass is 10.1. The standard InChI is InChI=1S/C18H27N7O3/c1-12(2)21-14-10-17(20-11-15(14)25(26)27)22-16-4-7-19-18(23-16)24-8-5-13(28-3)6-9-24/h4,7,10-13,26-27H,5-6,8-9H2,1-3H3,(H2,19,20,21,22,23). The fourth-order valence-corrected chi connectivity index (χ4v) is 3.10. The second kappa shape index (κ2) is 9.00. The van der Waals surface area contributed by atoms with Crippen LogP contribution in [0.3, 0.4) is 0 Å². The summed E-state index contributed by atoms with van der Waals surface area (Å²) in [6.45, 7) is 5.61. The number of hydrogen-bond acceptors (Lipinski definition) is 10. The highest BCUT2D eigenvalue weighted by atomic mass is 16.8. The molecule has 0 aromatic carbocycles. The molecule has 10 nitrogen and oxygen atoms in total. The van der Waals surface area contributed by atoms with E-state index in [4.69, 9.17) is 4.74 Å². The highest BCUT2D eigenvalue weighted by Gasteiger charge is 2.20. The predicted octanol–water partition coefficient (Wildman–Crippen LogP) is 2.64. The third-order valence-electron chi connectivity index (χ3n) is 4.50. The van der Waals surface area contributed by atoms with E-state index in [2.05, 4.69) is 30.5 Å². The second-order valence-corrected chi connectivity index (χ2v) is 6.96. The van der Waals surface area contributed by atoms with E-state index in [9.17, 15) is 10.4 Å². The fourth-order valence-electron chi connectivity index (χ4n) is 3.10. The number of pyridine rings is 1. The van der Waals surface area contributed by atoms with Crippen LogP contribution in [0.1, 0.15) is 26.7 Å². The van der Waals surface area contributed by atoms with Gasteiger partial charge in [0.15, 0.2) is 0 Å². The minimum atomic E-state index is 0.0495. The van der Waals surface area contributed by atoms with Crippen LogP contribution in [-0.4, -0.2) is 57.7 Å². The molecule has 0 spiro atoms. The van der Waals surface area contributed by atoms with Gasteiger partial charge in [0.1, 0.15) is 17.3 Å². The molecule has 0 aliphatic carbocycles. The fraction of sp³-hybridized carbons (Fsp3) is 0.500. The topological polar surface area (TPSA) is 119 Å². The average molecular weight is 389 g/mol. The average Bonchev–Trinajstić information content (AvgIpc) is 2.68. The third kappa shape index (κ3) is 4.97. The van der Waals surface area contributed by atoms with Gasteiger partial charge < -0.3 is 20.3 Å². The molecule has 0 amide bonds. The van der Waals surface area contributed by atoms with Crippen molar-refractivity contribution < 1.29 is 15.2 Å². The molecule has 1 fully saturated rings. The molecule has 4 N–H and O–H groups in total. The third-order valence-corrected chi connectivity index (χ3v) is 4.50. The molecule has 28 heavy (non-hydrogen) atoms. The maximum absolute atomic E-state index is 9.37. The summed E-state index contributed by atoms with van der Waals surface area (Å²) in [7, 11) is 1.74. The monoisotopic (exact) mass is 389 g/mol. The zero-order chi connectivity index (χ0) is 20.1. The quantitative estimate of drug-likeness (QED) is 0.526. The van der Waals surface area contributed by atoms with Crippen molar-refractivity contribution in [3.05, 3.63) is 24.5 Å². The summed E-state index contributed by atoms with van der Waals surface area (Å²) >= 11 is 0. The van der Waals surface area contributed by atoms with Crippen molar-refractivity contribution in [2.45, 2.75) is 38.8 Å². The Kier molecular flexibility index (Phi) is 6.45. The Morgan fingerprint density at radius 1 is 1.21 bits per heavy atom. The van der Waals surface area contributed by atoms with Gasteiger partial charge in [-0.3, -0.25) is 10.4 Å². The van der Waals surface area contributed by atoms with Gasteiger partial charge in [0.25, 0.3) is 0 Å². The number of nitrogens with one attached hydrogen (secondary N) is 2. The van der Waals surface area contributed by atoms with Crippen molar-refractivity contribution in [3.63, 3.8) is 0 Å². The summed E-state index contributed by atoms with van der Waals surface area (Å²) in [5, 5.41) is 25.1. The molecule has 3 heterocycles. The Balaban J connectivity index is 1.75.